The van der Waals surface area contributed by atoms with E-state index in [2.05, 4.69) is 17.1 Å². The molecule has 0 saturated carbocycles. The number of halogens is 1. The zero-order valence-corrected chi connectivity index (χ0v) is 14.4. The maximum atomic E-state index is 12.4. The van der Waals surface area contributed by atoms with E-state index >= 15 is 0 Å². The Labute approximate surface area is 137 Å². The number of hydrogen-bond donors (Lipinski definition) is 1. The van der Waals surface area contributed by atoms with Crippen LogP contribution < -0.4 is 10.1 Å². The van der Waals surface area contributed by atoms with Crippen molar-refractivity contribution in [2.45, 2.75) is 45.6 Å². The summed E-state index contributed by atoms with van der Waals surface area (Å²) in [6, 6.07) is 4.11. The minimum atomic E-state index is 0.000345. The van der Waals surface area contributed by atoms with Gasteiger partial charge in [-0.1, -0.05) is 24.9 Å². The first-order valence-corrected chi connectivity index (χ1v) is 8.31. The second-order valence-corrected chi connectivity index (χ2v) is 6.29. The number of benzene rings is 1. The molecule has 1 heterocycles. The predicted molar refractivity (Wildman–Crippen MR) is 90.9 cm³/mol. The van der Waals surface area contributed by atoms with E-state index in [0.29, 0.717) is 29.0 Å². The topological polar surface area (TPSA) is 41.6 Å². The van der Waals surface area contributed by atoms with E-state index in [-0.39, 0.29) is 5.91 Å². The van der Waals surface area contributed by atoms with Crippen molar-refractivity contribution in [3.63, 3.8) is 0 Å². The zero-order valence-electron chi connectivity index (χ0n) is 13.6. The van der Waals surface area contributed by atoms with Crippen LogP contribution in [-0.2, 0) is 4.79 Å². The Kier molecular flexibility index (Phi) is 6.09. The van der Waals surface area contributed by atoms with Gasteiger partial charge in [0.1, 0.15) is 5.75 Å². The number of methoxy groups -OCH3 is 1. The van der Waals surface area contributed by atoms with Crippen LogP contribution in [0.5, 0.6) is 5.75 Å². The van der Waals surface area contributed by atoms with E-state index in [1.165, 1.54) is 19.3 Å². The van der Waals surface area contributed by atoms with Crippen LogP contribution in [0.3, 0.4) is 0 Å². The summed E-state index contributed by atoms with van der Waals surface area (Å²) in [7, 11) is 1.58. The lowest BCUT2D eigenvalue weighted by Gasteiger charge is -2.34. The minimum Gasteiger partial charge on any atom is -0.495 e. The highest BCUT2D eigenvalue weighted by Gasteiger charge is 2.23. The van der Waals surface area contributed by atoms with Gasteiger partial charge in [-0.15, -0.1) is 0 Å². The second-order valence-electron chi connectivity index (χ2n) is 5.88. The molecule has 1 fully saturated rings. The van der Waals surface area contributed by atoms with E-state index in [0.717, 1.165) is 18.5 Å². The number of likely N-dealkylation sites (tertiary alicyclic amines) is 1. The van der Waals surface area contributed by atoms with Gasteiger partial charge in [0.25, 0.3) is 0 Å². The molecule has 1 aromatic rings. The number of hydrogen-bond acceptors (Lipinski definition) is 3. The van der Waals surface area contributed by atoms with Gasteiger partial charge in [0, 0.05) is 17.1 Å². The van der Waals surface area contributed by atoms with Crippen LogP contribution in [0.25, 0.3) is 0 Å². The number of carbonyl (C=O) groups is 1. The van der Waals surface area contributed by atoms with Crippen molar-refractivity contribution in [3.05, 3.63) is 22.7 Å². The van der Waals surface area contributed by atoms with E-state index in [9.17, 15) is 4.79 Å². The standard InChI is InChI=1S/C17H25ClN2O2/c1-4-13-7-5-6-8-20(13)11-17(21)19-15-9-12(2)14(18)10-16(15)22-3/h9-10,13H,4-8,11H2,1-3H3,(H,19,21). The number of anilines is 1. The van der Waals surface area contributed by atoms with Crippen LogP contribution in [0.4, 0.5) is 5.69 Å². The van der Waals surface area contributed by atoms with Crippen LogP contribution in [0.15, 0.2) is 12.1 Å². The molecule has 1 aromatic carbocycles. The molecule has 0 bridgehead atoms. The summed E-state index contributed by atoms with van der Waals surface area (Å²) in [5, 5.41) is 3.59. The van der Waals surface area contributed by atoms with Crippen LogP contribution in [0.2, 0.25) is 5.02 Å². The molecule has 1 atom stereocenters. The average Bonchev–Trinajstić information content (AvgIpc) is 2.51. The van der Waals surface area contributed by atoms with E-state index < -0.39 is 0 Å². The van der Waals surface area contributed by atoms with Gasteiger partial charge in [-0.05, 0) is 44.4 Å². The molecule has 2 rings (SSSR count). The number of ether oxygens (including phenoxy) is 1. The zero-order chi connectivity index (χ0) is 16.1. The molecule has 122 valence electrons. The van der Waals surface area contributed by atoms with Crippen LogP contribution in [0.1, 0.15) is 38.2 Å². The van der Waals surface area contributed by atoms with E-state index in [1.54, 1.807) is 13.2 Å². The van der Waals surface area contributed by atoms with Gasteiger partial charge in [-0.2, -0.15) is 0 Å². The summed E-state index contributed by atoms with van der Waals surface area (Å²) >= 11 is 6.09. The molecule has 5 heteroatoms. The first-order valence-electron chi connectivity index (χ1n) is 7.93. The highest BCUT2D eigenvalue weighted by molar-refractivity contribution is 6.31. The largest absolute Gasteiger partial charge is 0.495 e. The van der Waals surface area contributed by atoms with Crippen LogP contribution in [0, 0.1) is 6.92 Å². The SMILES string of the molecule is CCC1CCCCN1CC(=O)Nc1cc(C)c(Cl)cc1OC. The molecular weight excluding hydrogens is 300 g/mol. The van der Waals surface area contributed by atoms with Gasteiger partial charge in [0.15, 0.2) is 0 Å². The molecule has 0 spiro atoms. The summed E-state index contributed by atoms with van der Waals surface area (Å²) in [6.45, 7) is 5.54. The third-order valence-electron chi connectivity index (χ3n) is 4.32. The lowest BCUT2D eigenvalue weighted by atomic mass is 10.00. The van der Waals surface area contributed by atoms with Crippen molar-refractivity contribution in [1.82, 2.24) is 4.90 Å². The molecule has 1 N–H and O–H groups in total. The number of rotatable bonds is 5. The normalized spacial score (nSPS) is 19.0. The Morgan fingerprint density at radius 3 is 2.91 bits per heavy atom. The maximum absolute atomic E-state index is 12.4. The maximum Gasteiger partial charge on any atom is 0.238 e. The molecule has 1 aliphatic rings. The summed E-state index contributed by atoms with van der Waals surface area (Å²) in [6.07, 6.45) is 4.72. The number of aryl methyl sites for hydroxylation is 1. The summed E-state index contributed by atoms with van der Waals surface area (Å²) in [4.78, 5) is 14.7. The minimum absolute atomic E-state index is 0.000345. The van der Waals surface area contributed by atoms with E-state index in [4.69, 9.17) is 16.3 Å². The summed E-state index contributed by atoms with van der Waals surface area (Å²) in [5.74, 6) is 0.593. The lowest BCUT2D eigenvalue weighted by Crippen LogP contribution is -2.43. The smallest absolute Gasteiger partial charge is 0.238 e. The fourth-order valence-corrected chi connectivity index (χ4v) is 3.19. The number of nitrogens with one attached hydrogen (secondary N) is 1. The summed E-state index contributed by atoms with van der Waals surface area (Å²) < 4.78 is 5.30. The van der Waals surface area contributed by atoms with Crippen molar-refractivity contribution in [2.24, 2.45) is 0 Å². The molecule has 0 aromatic heterocycles. The van der Waals surface area contributed by atoms with Gasteiger partial charge in [0.2, 0.25) is 5.91 Å². The van der Waals surface area contributed by atoms with Crippen LogP contribution >= 0.6 is 11.6 Å². The van der Waals surface area contributed by atoms with Crippen molar-refractivity contribution in [2.75, 3.05) is 25.5 Å². The Morgan fingerprint density at radius 1 is 1.45 bits per heavy atom. The molecule has 0 aliphatic carbocycles. The highest BCUT2D eigenvalue weighted by atomic mass is 35.5. The lowest BCUT2D eigenvalue weighted by molar-refractivity contribution is -0.118. The number of carbonyl (C=O) groups excluding carboxylic acids is 1. The number of nitrogens with zero attached hydrogens (tertiary/aromatic N) is 1. The Balaban J connectivity index is 2.04. The van der Waals surface area contributed by atoms with Crippen molar-refractivity contribution < 1.29 is 9.53 Å². The number of piperidine rings is 1. The van der Waals surface area contributed by atoms with E-state index in [1.807, 2.05) is 13.0 Å². The third kappa shape index (κ3) is 4.14. The molecule has 4 nitrogen and oxygen atoms in total. The molecule has 1 saturated heterocycles. The van der Waals surface area contributed by atoms with Gasteiger partial charge in [-0.3, -0.25) is 9.69 Å². The van der Waals surface area contributed by atoms with Crippen molar-refractivity contribution in [1.29, 1.82) is 0 Å². The molecule has 1 unspecified atom stereocenters. The molecule has 0 radical (unpaired) electrons. The second kappa shape index (κ2) is 7.84. The number of amides is 1. The Hall–Kier alpha value is -1.26. The monoisotopic (exact) mass is 324 g/mol. The molecular formula is C17H25ClN2O2. The molecule has 1 amide bonds. The average molecular weight is 325 g/mol. The van der Waals surface area contributed by atoms with Crippen molar-refractivity contribution in [3.8, 4) is 5.75 Å². The van der Waals surface area contributed by atoms with Gasteiger partial charge in [-0.25, -0.2) is 0 Å². The first-order chi connectivity index (χ1) is 10.5. The quantitative estimate of drug-likeness (QED) is 0.894. The summed E-state index contributed by atoms with van der Waals surface area (Å²) in [5.41, 5.74) is 1.60. The molecule has 22 heavy (non-hydrogen) atoms. The van der Waals surface area contributed by atoms with Gasteiger partial charge >= 0.3 is 0 Å². The Morgan fingerprint density at radius 2 is 2.23 bits per heavy atom. The fourth-order valence-electron chi connectivity index (χ4n) is 3.03. The highest BCUT2D eigenvalue weighted by Crippen LogP contribution is 2.31. The fraction of sp³-hybridized carbons (Fsp3) is 0.588. The first kappa shape index (κ1) is 17.1. The Bertz CT molecular complexity index is 534. The predicted octanol–water partition coefficient (Wildman–Crippen LogP) is 3.86. The third-order valence-corrected chi connectivity index (χ3v) is 4.73. The van der Waals surface area contributed by atoms with Gasteiger partial charge in [0.05, 0.1) is 19.3 Å². The van der Waals surface area contributed by atoms with Crippen LogP contribution in [-0.4, -0.2) is 37.0 Å². The van der Waals surface area contributed by atoms with Gasteiger partial charge < -0.3 is 10.1 Å². The van der Waals surface area contributed by atoms with Crippen molar-refractivity contribution >= 4 is 23.2 Å². The molecule has 1 aliphatic heterocycles.